The van der Waals surface area contributed by atoms with Gasteiger partial charge in [-0.05, 0) is 59.9 Å². The molecule has 4 heteroatoms. The molecule has 1 aromatic rings. The highest BCUT2D eigenvalue weighted by molar-refractivity contribution is 8.08. The van der Waals surface area contributed by atoms with Crippen LogP contribution in [-0.4, -0.2) is 0 Å². The minimum Gasteiger partial charge on any atom is -0.289 e. The van der Waals surface area contributed by atoms with E-state index in [1.54, 1.807) is 0 Å². The third-order valence-corrected chi connectivity index (χ3v) is 3.58. The summed E-state index contributed by atoms with van der Waals surface area (Å²) in [4.78, 5) is 0. The van der Waals surface area contributed by atoms with E-state index in [4.69, 9.17) is 22.5 Å². The average Bonchev–Trinajstić information content (AvgIpc) is 1.95. The summed E-state index contributed by atoms with van der Waals surface area (Å²) in [5, 5.41) is 0. The molecule has 0 unspecified atom stereocenters. The van der Waals surface area contributed by atoms with Gasteiger partial charge in [-0.15, -0.1) is 0 Å². The van der Waals surface area contributed by atoms with Crippen LogP contribution in [0.5, 0.6) is 0 Å². The SMILES string of the molecule is Cc1cc(C)c(CP(=O)(Cl)Cl)c(C)c1. The fraction of sp³-hybridized carbons (Fsp3) is 0.400. The number of aryl methyl sites for hydroxylation is 3. The van der Waals surface area contributed by atoms with Crippen LogP contribution in [0.25, 0.3) is 0 Å². The van der Waals surface area contributed by atoms with Gasteiger partial charge in [-0.25, -0.2) is 0 Å². The van der Waals surface area contributed by atoms with E-state index in [1.807, 2.05) is 32.9 Å². The number of hydrogen-bond donors (Lipinski definition) is 0. The normalized spacial score (nSPS) is 11.8. The van der Waals surface area contributed by atoms with Gasteiger partial charge in [-0.3, -0.25) is 4.57 Å². The Balaban J connectivity index is 3.15. The number of rotatable bonds is 2. The second kappa shape index (κ2) is 4.26. The van der Waals surface area contributed by atoms with E-state index in [0.29, 0.717) is 0 Å². The van der Waals surface area contributed by atoms with E-state index in [0.717, 1.165) is 16.7 Å². The first-order valence-electron chi connectivity index (χ1n) is 4.35. The van der Waals surface area contributed by atoms with Gasteiger partial charge in [-0.1, -0.05) is 17.7 Å². The summed E-state index contributed by atoms with van der Waals surface area (Å²) in [6.07, 6.45) is 0.258. The van der Waals surface area contributed by atoms with Crippen molar-refractivity contribution in [1.29, 1.82) is 0 Å². The van der Waals surface area contributed by atoms with Crippen molar-refractivity contribution in [2.75, 3.05) is 0 Å². The Morgan fingerprint density at radius 2 is 1.57 bits per heavy atom. The molecule has 0 radical (unpaired) electrons. The largest absolute Gasteiger partial charge is 0.289 e. The Hall–Kier alpha value is 0.0300. The zero-order valence-corrected chi connectivity index (χ0v) is 10.9. The Morgan fingerprint density at radius 1 is 1.14 bits per heavy atom. The Morgan fingerprint density at radius 3 is 1.93 bits per heavy atom. The molecule has 1 rings (SSSR count). The molecule has 0 spiro atoms. The van der Waals surface area contributed by atoms with E-state index in [-0.39, 0.29) is 6.16 Å². The summed E-state index contributed by atoms with van der Waals surface area (Å²) in [6.45, 7) is 6.00. The lowest BCUT2D eigenvalue weighted by Crippen LogP contribution is -1.93. The maximum Gasteiger partial charge on any atom is 0.257 e. The third kappa shape index (κ3) is 3.31. The fourth-order valence-corrected chi connectivity index (χ4v) is 3.23. The van der Waals surface area contributed by atoms with Crippen LogP contribution in [0.3, 0.4) is 0 Å². The van der Waals surface area contributed by atoms with E-state index in [2.05, 4.69) is 0 Å². The van der Waals surface area contributed by atoms with Gasteiger partial charge in [0.2, 0.25) is 0 Å². The molecule has 0 saturated carbocycles. The Labute approximate surface area is 94.4 Å². The molecule has 14 heavy (non-hydrogen) atoms. The second-order valence-corrected chi connectivity index (χ2v) is 8.86. The minimum atomic E-state index is -3.01. The van der Waals surface area contributed by atoms with Crippen molar-refractivity contribution in [2.24, 2.45) is 0 Å². The van der Waals surface area contributed by atoms with E-state index in [9.17, 15) is 4.57 Å². The molecule has 0 fully saturated rings. The summed E-state index contributed by atoms with van der Waals surface area (Å²) in [7, 11) is 0. The number of halogens is 2. The van der Waals surface area contributed by atoms with Crippen LogP contribution < -0.4 is 0 Å². The number of hydrogen-bond acceptors (Lipinski definition) is 1. The van der Waals surface area contributed by atoms with Crippen LogP contribution in [0.4, 0.5) is 0 Å². The van der Waals surface area contributed by atoms with Crippen molar-refractivity contribution < 1.29 is 4.57 Å². The molecule has 0 N–H and O–H groups in total. The standard InChI is InChI=1S/C10H13Cl2OP/c1-7-4-8(2)10(9(3)5-7)6-14(11,12)13/h4-5H,6H2,1-3H3. The first-order chi connectivity index (χ1) is 6.29. The first kappa shape index (κ1) is 12.1. The molecule has 1 nitrogen and oxygen atoms in total. The molecule has 0 bridgehead atoms. The van der Waals surface area contributed by atoms with Gasteiger partial charge in [0.05, 0.1) is 6.16 Å². The number of benzene rings is 1. The summed E-state index contributed by atoms with van der Waals surface area (Å²) in [5.74, 6) is -3.01. The maximum absolute atomic E-state index is 11.3. The molecule has 0 aliphatic rings. The van der Waals surface area contributed by atoms with E-state index < -0.39 is 5.85 Å². The summed E-state index contributed by atoms with van der Waals surface area (Å²) in [5.41, 5.74) is 4.40. The topological polar surface area (TPSA) is 17.1 Å². The zero-order chi connectivity index (χ0) is 10.9. The summed E-state index contributed by atoms with van der Waals surface area (Å²) >= 11 is 11.1. The van der Waals surface area contributed by atoms with Crippen LogP contribution in [0.1, 0.15) is 22.3 Å². The van der Waals surface area contributed by atoms with E-state index in [1.165, 1.54) is 5.56 Å². The lowest BCUT2D eigenvalue weighted by Gasteiger charge is -2.11. The van der Waals surface area contributed by atoms with Crippen molar-refractivity contribution in [2.45, 2.75) is 26.9 Å². The summed E-state index contributed by atoms with van der Waals surface area (Å²) < 4.78 is 11.3. The molecule has 0 atom stereocenters. The summed E-state index contributed by atoms with van der Waals surface area (Å²) in [6, 6.07) is 4.09. The Bertz CT molecular complexity index is 372. The van der Waals surface area contributed by atoms with Crippen LogP contribution in [0.2, 0.25) is 0 Å². The maximum atomic E-state index is 11.3. The molecule has 0 heterocycles. The second-order valence-electron chi connectivity index (χ2n) is 3.61. The molecule has 0 aliphatic heterocycles. The van der Waals surface area contributed by atoms with Crippen LogP contribution in [0, 0.1) is 20.8 Å². The molecular weight excluding hydrogens is 238 g/mol. The molecule has 0 aliphatic carbocycles. The van der Waals surface area contributed by atoms with Gasteiger partial charge in [0.15, 0.2) is 0 Å². The van der Waals surface area contributed by atoms with Crippen LogP contribution >= 0.6 is 28.3 Å². The van der Waals surface area contributed by atoms with Crippen molar-refractivity contribution >= 4 is 28.3 Å². The molecule has 0 amide bonds. The highest BCUT2D eigenvalue weighted by Gasteiger charge is 2.17. The molecular formula is C10H13Cl2OP. The lowest BCUT2D eigenvalue weighted by molar-refractivity contribution is 0.592. The van der Waals surface area contributed by atoms with E-state index >= 15 is 0 Å². The van der Waals surface area contributed by atoms with Crippen LogP contribution in [0.15, 0.2) is 12.1 Å². The van der Waals surface area contributed by atoms with Gasteiger partial charge in [0.1, 0.15) is 0 Å². The van der Waals surface area contributed by atoms with Crippen molar-refractivity contribution in [3.63, 3.8) is 0 Å². The van der Waals surface area contributed by atoms with Gasteiger partial charge in [0.25, 0.3) is 5.85 Å². The van der Waals surface area contributed by atoms with Gasteiger partial charge in [-0.2, -0.15) is 0 Å². The van der Waals surface area contributed by atoms with Crippen LogP contribution in [-0.2, 0) is 10.7 Å². The molecule has 78 valence electrons. The van der Waals surface area contributed by atoms with Crippen molar-refractivity contribution in [3.8, 4) is 0 Å². The zero-order valence-electron chi connectivity index (χ0n) is 8.47. The fourth-order valence-electron chi connectivity index (χ4n) is 1.64. The Kier molecular flexibility index (Phi) is 3.69. The predicted octanol–water partition coefficient (Wildman–Crippen LogP) is 4.78. The van der Waals surface area contributed by atoms with Crippen molar-refractivity contribution in [1.82, 2.24) is 0 Å². The molecule has 1 aromatic carbocycles. The smallest absolute Gasteiger partial charge is 0.257 e. The average molecular weight is 251 g/mol. The van der Waals surface area contributed by atoms with Gasteiger partial charge >= 0.3 is 0 Å². The van der Waals surface area contributed by atoms with Crippen molar-refractivity contribution in [3.05, 3.63) is 34.4 Å². The lowest BCUT2D eigenvalue weighted by atomic mass is 10.0. The monoisotopic (exact) mass is 250 g/mol. The van der Waals surface area contributed by atoms with Gasteiger partial charge < -0.3 is 0 Å². The highest BCUT2D eigenvalue weighted by atomic mass is 35.9. The highest BCUT2D eigenvalue weighted by Crippen LogP contribution is 2.59. The molecule has 0 saturated heterocycles. The van der Waals surface area contributed by atoms with Gasteiger partial charge in [0, 0.05) is 0 Å². The quantitative estimate of drug-likeness (QED) is 0.691. The molecule has 0 aromatic heterocycles. The minimum absolute atomic E-state index is 0.258. The predicted molar refractivity (Wildman–Crippen MR) is 63.7 cm³/mol. The third-order valence-electron chi connectivity index (χ3n) is 2.18. The first-order valence-corrected chi connectivity index (χ1v) is 8.05.